The molecule has 0 radical (unpaired) electrons. The molecule has 0 saturated carbocycles. The van der Waals surface area contributed by atoms with E-state index in [9.17, 15) is 5.26 Å². The van der Waals surface area contributed by atoms with Gasteiger partial charge in [0.05, 0.1) is 0 Å². The van der Waals surface area contributed by atoms with E-state index in [1.165, 1.54) is 44.3 Å². The first-order chi connectivity index (χ1) is 9.86. The zero-order valence-corrected chi connectivity index (χ0v) is 11.9. The Balaban J connectivity index is 1.66. The molecule has 0 bridgehead atoms. The number of hydrogen-bond donors (Lipinski definition) is 0. The molecule has 0 amide bonds. The predicted molar refractivity (Wildman–Crippen MR) is 76.8 cm³/mol. The van der Waals surface area contributed by atoms with Gasteiger partial charge in [0.15, 0.2) is 0 Å². The SMILES string of the molecule is N#Cc1cc2c(nc1OCCN1CCCC1)CCCC2. The van der Waals surface area contributed by atoms with Crippen LogP contribution in [0.25, 0.3) is 0 Å². The van der Waals surface area contributed by atoms with Gasteiger partial charge in [0.25, 0.3) is 0 Å². The van der Waals surface area contributed by atoms with E-state index in [1.54, 1.807) is 0 Å². The normalized spacial score (nSPS) is 18.6. The van der Waals surface area contributed by atoms with Crippen LogP contribution in [0, 0.1) is 11.3 Å². The molecule has 0 N–H and O–H groups in total. The van der Waals surface area contributed by atoms with Gasteiger partial charge in [-0.3, -0.25) is 4.90 Å². The van der Waals surface area contributed by atoms with Gasteiger partial charge in [-0.2, -0.15) is 5.26 Å². The van der Waals surface area contributed by atoms with E-state index < -0.39 is 0 Å². The zero-order valence-electron chi connectivity index (χ0n) is 11.9. The Kier molecular flexibility index (Phi) is 4.17. The maximum atomic E-state index is 9.25. The summed E-state index contributed by atoms with van der Waals surface area (Å²) in [4.78, 5) is 6.99. The third-order valence-corrected chi connectivity index (χ3v) is 4.23. The lowest BCUT2D eigenvalue weighted by Crippen LogP contribution is -2.25. The number of likely N-dealkylation sites (tertiary alicyclic amines) is 1. The highest BCUT2D eigenvalue weighted by Crippen LogP contribution is 2.25. The van der Waals surface area contributed by atoms with Crippen LogP contribution in [0.15, 0.2) is 6.07 Å². The number of rotatable bonds is 4. The Morgan fingerprint density at radius 2 is 2.00 bits per heavy atom. The standard InChI is InChI=1S/C16H21N3O/c17-12-14-11-13-5-1-2-6-15(13)18-16(14)20-10-9-19-7-3-4-8-19/h11H,1-10H2. The highest BCUT2D eigenvalue weighted by atomic mass is 16.5. The summed E-state index contributed by atoms with van der Waals surface area (Å²) in [5, 5.41) is 9.25. The lowest BCUT2D eigenvalue weighted by atomic mass is 9.95. The van der Waals surface area contributed by atoms with Gasteiger partial charge in [-0.05, 0) is 63.2 Å². The second-order valence-corrected chi connectivity index (χ2v) is 5.66. The van der Waals surface area contributed by atoms with Crippen molar-refractivity contribution in [2.45, 2.75) is 38.5 Å². The van der Waals surface area contributed by atoms with Gasteiger partial charge in [-0.1, -0.05) is 0 Å². The molecule has 0 unspecified atom stereocenters. The Morgan fingerprint density at radius 3 is 2.80 bits per heavy atom. The highest BCUT2D eigenvalue weighted by Gasteiger charge is 2.16. The molecule has 2 aliphatic rings. The van der Waals surface area contributed by atoms with Gasteiger partial charge < -0.3 is 4.74 Å². The van der Waals surface area contributed by atoms with E-state index in [2.05, 4.69) is 16.0 Å². The monoisotopic (exact) mass is 271 g/mol. The number of nitrogens with zero attached hydrogens (tertiary/aromatic N) is 3. The first kappa shape index (κ1) is 13.4. The van der Waals surface area contributed by atoms with Crippen LogP contribution < -0.4 is 4.74 Å². The van der Waals surface area contributed by atoms with Gasteiger partial charge in [-0.25, -0.2) is 4.98 Å². The van der Waals surface area contributed by atoms with Gasteiger partial charge in [0.1, 0.15) is 18.2 Å². The summed E-state index contributed by atoms with van der Waals surface area (Å²) in [6.45, 7) is 3.91. The van der Waals surface area contributed by atoms with Gasteiger partial charge in [0.2, 0.25) is 5.88 Å². The van der Waals surface area contributed by atoms with E-state index in [0.717, 1.165) is 25.1 Å². The maximum Gasteiger partial charge on any atom is 0.231 e. The lowest BCUT2D eigenvalue weighted by Gasteiger charge is -2.18. The molecule has 0 spiro atoms. The third-order valence-electron chi connectivity index (χ3n) is 4.23. The van der Waals surface area contributed by atoms with Crippen molar-refractivity contribution in [2.75, 3.05) is 26.2 Å². The van der Waals surface area contributed by atoms with Crippen LogP contribution in [-0.4, -0.2) is 36.1 Å². The van der Waals surface area contributed by atoms with E-state index in [-0.39, 0.29) is 0 Å². The van der Waals surface area contributed by atoms with Crippen LogP contribution in [0.2, 0.25) is 0 Å². The third kappa shape index (κ3) is 2.94. The minimum Gasteiger partial charge on any atom is -0.475 e. The zero-order chi connectivity index (χ0) is 13.8. The fraction of sp³-hybridized carbons (Fsp3) is 0.625. The van der Waals surface area contributed by atoms with Crippen molar-refractivity contribution < 1.29 is 4.74 Å². The van der Waals surface area contributed by atoms with Crippen molar-refractivity contribution in [3.63, 3.8) is 0 Å². The number of hydrogen-bond acceptors (Lipinski definition) is 4. The Labute approximate surface area is 120 Å². The number of ether oxygens (including phenoxy) is 1. The molecule has 1 aliphatic carbocycles. The molecular weight excluding hydrogens is 250 g/mol. The molecule has 1 aromatic rings. The molecule has 2 heterocycles. The van der Waals surface area contributed by atoms with Gasteiger partial charge in [0, 0.05) is 12.2 Å². The second kappa shape index (κ2) is 6.23. The fourth-order valence-electron chi connectivity index (χ4n) is 3.08. The van der Waals surface area contributed by atoms with Crippen molar-refractivity contribution in [3.8, 4) is 11.9 Å². The first-order valence-corrected chi connectivity index (χ1v) is 7.65. The number of aryl methyl sites for hydroxylation is 2. The van der Waals surface area contributed by atoms with Crippen molar-refractivity contribution in [1.29, 1.82) is 5.26 Å². The number of fused-ring (bicyclic) bond motifs is 1. The Morgan fingerprint density at radius 1 is 1.20 bits per heavy atom. The van der Waals surface area contributed by atoms with E-state index in [1.807, 2.05) is 6.07 Å². The molecule has 1 aromatic heterocycles. The highest BCUT2D eigenvalue weighted by molar-refractivity contribution is 5.43. The number of pyridine rings is 1. The van der Waals surface area contributed by atoms with Gasteiger partial charge >= 0.3 is 0 Å². The molecule has 20 heavy (non-hydrogen) atoms. The average molecular weight is 271 g/mol. The first-order valence-electron chi connectivity index (χ1n) is 7.65. The predicted octanol–water partition coefficient (Wildman–Crippen LogP) is 2.31. The molecular formula is C16H21N3O. The van der Waals surface area contributed by atoms with Crippen LogP contribution in [0.5, 0.6) is 5.88 Å². The molecule has 0 aromatic carbocycles. The van der Waals surface area contributed by atoms with Crippen molar-refractivity contribution >= 4 is 0 Å². The van der Waals surface area contributed by atoms with Crippen LogP contribution in [0.1, 0.15) is 42.5 Å². The summed E-state index contributed by atoms with van der Waals surface area (Å²) in [7, 11) is 0. The second-order valence-electron chi connectivity index (χ2n) is 5.66. The molecule has 3 rings (SSSR count). The lowest BCUT2D eigenvalue weighted by molar-refractivity contribution is 0.231. The quantitative estimate of drug-likeness (QED) is 0.843. The van der Waals surface area contributed by atoms with Crippen LogP contribution in [0.3, 0.4) is 0 Å². The maximum absolute atomic E-state index is 9.25. The van der Waals surface area contributed by atoms with Crippen molar-refractivity contribution in [1.82, 2.24) is 9.88 Å². The molecule has 1 fully saturated rings. The van der Waals surface area contributed by atoms with E-state index in [4.69, 9.17) is 4.74 Å². The minimum atomic E-state index is 0.535. The largest absolute Gasteiger partial charge is 0.475 e. The van der Waals surface area contributed by atoms with Crippen LogP contribution in [0.4, 0.5) is 0 Å². The molecule has 1 aliphatic heterocycles. The summed E-state index contributed by atoms with van der Waals surface area (Å²) < 4.78 is 5.78. The molecule has 4 heteroatoms. The van der Waals surface area contributed by atoms with Crippen molar-refractivity contribution in [2.24, 2.45) is 0 Å². The Bertz CT molecular complexity index is 515. The summed E-state index contributed by atoms with van der Waals surface area (Å²) >= 11 is 0. The molecule has 1 saturated heterocycles. The summed E-state index contributed by atoms with van der Waals surface area (Å²) in [6.07, 6.45) is 7.05. The van der Waals surface area contributed by atoms with Crippen LogP contribution >= 0.6 is 0 Å². The van der Waals surface area contributed by atoms with Gasteiger partial charge in [-0.15, -0.1) is 0 Å². The summed E-state index contributed by atoms with van der Waals surface area (Å²) in [5.41, 5.74) is 2.96. The van der Waals surface area contributed by atoms with E-state index >= 15 is 0 Å². The topological polar surface area (TPSA) is 49.1 Å². The summed E-state index contributed by atoms with van der Waals surface area (Å²) in [6, 6.07) is 4.20. The average Bonchev–Trinajstić information content (AvgIpc) is 3.00. The minimum absolute atomic E-state index is 0.535. The summed E-state index contributed by atoms with van der Waals surface area (Å²) in [5.74, 6) is 0.535. The smallest absolute Gasteiger partial charge is 0.231 e. The number of aromatic nitrogens is 1. The van der Waals surface area contributed by atoms with Crippen molar-refractivity contribution in [3.05, 3.63) is 22.9 Å². The molecule has 4 nitrogen and oxygen atoms in total. The van der Waals surface area contributed by atoms with E-state index in [0.29, 0.717) is 18.1 Å². The fourth-order valence-corrected chi connectivity index (χ4v) is 3.08. The Hall–Kier alpha value is -1.60. The molecule has 0 atom stereocenters. The molecule has 106 valence electrons. The number of nitriles is 1. The van der Waals surface area contributed by atoms with Crippen LogP contribution in [-0.2, 0) is 12.8 Å².